The lowest BCUT2D eigenvalue weighted by Gasteiger charge is -2.12. The number of aryl methyl sites for hydroxylation is 2. The van der Waals surface area contributed by atoms with Crippen molar-refractivity contribution in [3.05, 3.63) is 87.9 Å². The van der Waals surface area contributed by atoms with Crippen molar-refractivity contribution in [2.75, 3.05) is 17.2 Å². The van der Waals surface area contributed by atoms with E-state index in [1.54, 1.807) is 30.3 Å². The van der Waals surface area contributed by atoms with Crippen LogP contribution in [0.5, 0.6) is 5.75 Å². The Morgan fingerprint density at radius 2 is 1.69 bits per heavy atom. The summed E-state index contributed by atoms with van der Waals surface area (Å²) in [5.74, 6) is 0.168. The van der Waals surface area contributed by atoms with E-state index in [0.29, 0.717) is 22.7 Å². The third kappa shape index (κ3) is 5.68. The van der Waals surface area contributed by atoms with Gasteiger partial charge in [0.25, 0.3) is 11.8 Å². The van der Waals surface area contributed by atoms with Gasteiger partial charge in [-0.15, -0.1) is 0 Å². The van der Waals surface area contributed by atoms with Gasteiger partial charge in [0.05, 0.1) is 4.47 Å². The summed E-state index contributed by atoms with van der Waals surface area (Å²) in [7, 11) is 0. The Bertz CT molecular complexity index is 1040. The van der Waals surface area contributed by atoms with Crippen molar-refractivity contribution < 1.29 is 14.3 Å². The third-order valence-electron chi connectivity index (χ3n) is 4.24. The molecule has 29 heavy (non-hydrogen) atoms. The molecule has 3 rings (SSSR count). The summed E-state index contributed by atoms with van der Waals surface area (Å²) in [6.07, 6.45) is 0. The van der Waals surface area contributed by atoms with Crippen molar-refractivity contribution in [2.24, 2.45) is 0 Å². The average molecular weight is 453 g/mol. The number of carbonyl (C=O) groups is 2. The number of nitrogens with one attached hydrogen (secondary N) is 2. The highest BCUT2D eigenvalue weighted by Crippen LogP contribution is 2.26. The van der Waals surface area contributed by atoms with Crippen LogP contribution in [0.4, 0.5) is 11.4 Å². The van der Waals surface area contributed by atoms with Gasteiger partial charge in [-0.1, -0.05) is 24.3 Å². The van der Waals surface area contributed by atoms with Crippen LogP contribution in [-0.4, -0.2) is 18.4 Å². The smallest absolute Gasteiger partial charge is 0.262 e. The van der Waals surface area contributed by atoms with Crippen LogP contribution in [0.25, 0.3) is 0 Å². The van der Waals surface area contributed by atoms with Gasteiger partial charge in [0, 0.05) is 16.9 Å². The van der Waals surface area contributed by atoms with Crippen LogP contribution in [0.15, 0.2) is 71.2 Å². The molecule has 0 aromatic heterocycles. The van der Waals surface area contributed by atoms with Crippen molar-refractivity contribution in [1.29, 1.82) is 0 Å². The number of anilines is 2. The number of benzene rings is 3. The van der Waals surface area contributed by atoms with Crippen molar-refractivity contribution in [1.82, 2.24) is 0 Å². The molecule has 0 fully saturated rings. The van der Waals surface area contributed by atoms with Gasteiger partial charge in [0.1, 0.15) is 5.75 Å². The quantitative estimate of drug-likeness (QED) is 0.530. The minimum atomic E-state index is -0.266. The van der Waals surface area contributed by atoms with Crippen molar-refractivity contribution in [2.45, 2.75) is 13.8 Å². The van der Waals surface area contributed by atoms with Gasteiger partial charge in [-0.3, -0.25) is 9.59 Å². The van der Waals surface area contributed by atoms with Crippen LogP contribution in [0, 0.1) is 13.8 Å². The molecule has 0 aliphatic rings. The fourth-order valence-corrected chi connectivity index (χ4v) is 3.34. The highest BCUT2D eigenvalue weighted by molar-refractivity contribution is 9.10. The molecule has 0 aliphatic carbocycles. The molecule has 3 aromatic carbocycles. The molecule has 0 heterocycles. The fraction of sp³-hybridized carbons (Fsp3) is 0.130. The van der Waals surface area contributed by atoms with Crippen molar-refractivity contribution in [3.63, 3.8) is 0 Å². The van der Waals surface area contributed by atoms with E-state index < -0.39 is 0 Å². The first-order chi connectivity index (χ1) is 13.9. The Hall–Kier alpha value is -3.12. The summed E-state index contributed by atoms with van der Waals surface area (Å²) >= 11 is 3.43. The number of ether oxygens (including phenoxy) is 1. The van der Waals surface area contributed by atoms with Gasteiger partial charge >= 0.3 is 0 Å². The maximum Gasteiger partial charge on any atom is 0.262 e. The van der Waals surface area contributed by atoms with Crippen LogP contribution in [0.1, 0.15) is 21.5 Å². The van der Waals surface area contributed by atoms with Gasteiger partial charge in [-0.25, -0.2) is 0 Å². The molecule has 148 valence electrons. The fourth-order valence-electron chi connectivity index (χ4n) is 2.73. The average Bonchev–Trinajstić information content (AvgIpc) is 2.70. The standard InChI is InChI=1S/C23H21BrN2O3/c1-15-8-11-21(19(24)12-15)29-14-22(27)25-18-9-10-20(16(2)13-18)26-23(28)17-6-4-3-5-7-17/h3-13H,14H2,1-2H3,(H,25,27)(H,26,28). The molecule has 0 unspecified atom stereocenters. The highest BCUT2D eigenvalue weighted by Gasteiger charge is 2.10. The number of rotatable bonds is 6. The molecule has 6 heteroatoms. The number of halogens is 1. The second-order valence-corrected chi connectivity index (χ2v) is 7.47. The van der Waals surface area contributed by atoms with Crippen LogP contribution in [0.2, 0.25) is 0 Å². The molecule has 0 radical (unpaired) electrons. The molecule has 0 saturated heterocycles. The van der Waals surface area contributed by atoms with Crippen LogP contribution in [0.3, 0.4) is 0 Å². The van der Waals surface area contributed by atoms with Crippen LogP contribution in [-0.2, 0) is 4.79 Å². The Morgan fingerprint density at radius 1 is 0.931 bits per heavy atom. The van der Waals surface area contributed by atoms with E-state index in [1.165, 1.54) is 0 Å². The molecule has 5 nitrogen and oxygen atoms in total. The molecular weight excluding hydrogens is 432 g/mol. The lowest BCUT2D eigenvalue weighted by atomic mass is 10.1. The molecule has 2 N–H and O–H groups in total. The highest BCUT2D eigenvalue weighted by atomic mass is 79.9. The normalized spacial score (nSPS) is 10.3. The lowest BCUT2D eigenvalue weighted by Crippen LogP contribution is -2.20. The third-order valence-corrected chi connectivity index (χ3v) is 4.86. The zero-order valence-electron chi connectivity index (χ0n) is 16.2. The number of hydrogen-bond donors (Lipinski definition) is 2. The van der Waals surface area contributed by atoms with E-state index in [0.717, 1.165) is 15.6 Å². The molecule has 0 saturated carbocycles. The van der Waals surface area contributed by atoms with Crippen molar-refractivity contribution in [3.8, 4) is 5.75 Å². The van der Waals surface area contributed by atoms with E-state index in [2.05, 4.69) is 26.6 Å². The molecule has 3 aromatic rings. The summed E-state index contributed by atoms with van der Waals surface area (Å²) < 4.78 is 6.37. The van der Waals surface area contributed by atoms with E-state index in [4.69, 9.17) is 4.74 Å². The Kier molecular flexibility index (Phi) is 6.67. The van der Waals surface area contributed by atoms with Gasteiger partial charge in [-0.2, -0.15) is 0 Å². The first-order valence-corrected chi connectivity index (χ1v) is 9.87. The van der Waals surface area contributed by atoms with Crippen molar-refractivity contribution >= 4 is 39.1 Å². The molecule has 0 spiro atoms. The first-order valence-electron chi connectivity index (χ1n) is 9.08. The second kappa shape index (κ2) is 9.39. The molecule has 2 amide bonds. The Morgan fingerprint density at radius 3 is 2.38 bits per heavy atom. The monoisotopic (exact) mass is 452 g/mol. The summed E-state index contributed by atoms with van der Waals surface area (Å²) in [6.45, 7) is 3.75. The SMILES string of the molecule is Cc1ccc(OCC(=O)Nc2ccc(NC(=O)c3ccccc3)c(C)c2)c(Br)c1. The summed E-state index contributed by atoms with van der Waals surface area (Å²) in [4.78, 5) is 24.5. The zero-order valence-corrected chi connectivity index (χ0v) is 17.7. The van der Waals surface area contributed by atoms with E-state index >= 15 is 0 Å². The minimum absolute atomic E-state index is 0.104. The topological polar surface area (TPSA) is 67.4 Å². The van der Waals surface area contributed by atoms with Crippen LogP contribution < -0.4 is 15.4 Å². The first kappa shape index (κ1) is 20.6. The summed E-state index contributed by atoms with van der Waals surface area (Å²) in [6, 6.07) is 20.0. The number of hydrogen-bond acceptors (Lipinski definition) is 3. The predicted molar refractivity (Wildman–Crippen MR) is 119 cm³/mol. The van der Waals surface area contributed by atoms with E-state index in [9.17, 15) is 9.59 Å². The second-order valence-electron chi connectivity index (χ2n) is 6.62. The molecule has 0 atom stereocenters. The largest absolute Gasteiger partial charge is 0.483 e. The number of carbonyl (C=O) groups excluding carboxylic acids is 2. The summed E-state index contributed by atoms with van der Waals surface area (Å²) in [5, 5.41) is 5.69. The van der Waals surface area contributed by atoms with Crippen LogP contribution >= 0.6 is 15.9 Å². The molecule has 0 aliphatic heterocycles. The Balaban J connectivity index is 1.58. The van der Waals surface area contributed by atoms with Gasteiger partial charge in [0.15, 0.2) is 6.61 Å². The maximum atomic E-state index is 12.3. The molecular formula is C23H21BrN2O3. The Labute approximate surface area is 178 Å². The van der Waals surface area contributed by atoms with E-state index in [-0.39, 0.29) is 18.4 Å². The molecule has 0 bridgehead atoms. The maximum absolute atomic E-state index is 12.3. The van der Waals surface area contributed by atoms with Gasteiger partial charge < -0.3 is 15.4 Å². The minimum Gasteiger partial charge on any atom is -0.483 e. The zero-order chi connectivity index (χ0) is 20.8. The van der Waals surface area contributed by atoms with E-state index in [1.807, 2.05) is 50.2 Å². The van der Waals surface area contributed by atoms with Gasteiger partial charge in [0.2, 0.25) is 0 Å². The lowest BCUT2D eigenvalue weighted by molar-refractivity contribution is -0.118. The predicted octanol–water partition coefficient (Wildman–Crippen LogP) is 5.34. The van der Waals surface area contributed by atoms with Gasteiger partial charge in [-0.05, 0) is 83.4 Å². The number of amides is 2. The summed E-state index contributed by atoms with van der Waals surface area (Å²) in [5.41, 5.74) is 3.86.